The Balaban J connectivity index is 2.16. The van der Waals surface area contributed by atoms with E-state index < -0.39 is 0 Å². The van der Waals surface area contributed by atoms with Gasteiger partial charge in [0.1, 0.15) is 5.75 Å². The largest absolute Gasteiger partial charge is 0.497 e. The average molecular weight is 410 g/mol. The Bertz CT molecular complexity index is 923. The average Bonchev–Trinajstić information content (AvgIpc) is 2.75. The lowest BCUT2D eigenvalue weighted by atomic mass is 9.93. The smallest absolute Gasteiger partial charge is 0.253 e. The molecule has 2 aromatic carbocycles. The summed E-state index contributed by atoms with van der Waals surface area (Å²) in [6.45, 7) is 7.24. The first-order valence-electron chi connectivity index (χ1n) is 9.81. The summed E-state index contributed by atoms with van der Waals surface area (Å²) >= 11 is 5.71. The van der Waals surface area contributed by atoms with E-state index in [0.29, 0.717) is 23.8 Å². The Kier molecular flexibility index (Phi) is 6.54. The van der Waals surface area contributed by atoms with Crippen LogP contribution < -0.4 is 15.0 Å². The number of rotatable bonds is 6. The standard InChI is InChI=1S/C23H27N3O2S/c1-5-25(6-2)22(27)20-16(3)26(18-12-8-7-9-13-18)23(29)24-21(20)17-11-10-14-19(15-17)28-4/h7-15,21H,5-6H2,1-4H3,(H,24,29). The number of ether oxygens (including phenoxy) is 1. The number of nitrogens with one attached hydrogen (secondary N) is 1. The third kappa shape index (κ3) is 4.12. The van der Waals surface area contributed by atoms with Crippen molar-refractivity contribution in [3.63, 3.8) is 0 Å². The number of methoxy groups -OCH3 is 1. The molecule has 1 aliphatic heterocycles. The third-order valence-electron chi connectivity index (χ3n) is 5.21. The molecule has 1 amide bonds. The SMILES string of the molecule is CCN(CC)C(=O)C1=C(C)N(c2ccccc2)C(=S)NC1c1cccc(OC)c1. The van der Waals surface area contributed by atoms with Gasteiger partial charge in [-0.3, -0.25) is 9.69 Å². The Morgan fingerprint density at radius 1 is 1.14 bits per heavy atom. The highest BCUT2D eigenvalue weighted by Crippen LogP contribution is 2.35. The Morgan fingerprint density at radius 3 is 2.45 bits per heavy atom. The molecule has 0 bridgehead atoms. The van der Waals surface area contributed by atoms with Gasteiger partial charge in [-0.2, -0.15) is 0 Å². The molecule has 3 rings (SSSR count). The number of para-hydroxylation sites is 1. The van der Waals surface area contributed by atoms with Crippen LogP contribution in [-0.4, -0.2) is 36.1 Å². The molecule has 1 heterocycles. The van der Waals surface area contributed by atoms with Gasteiger partial charge in [0, 0.05) is 24.5 Å². The van der Waals surface area contributed by atoms with Gasteiger partial charge in [-0.15, -0.1) is 0 Å². The first-order valence-corrected chi connectivity index (χ1v) is 10.2. The Morgan fingerprint density at radius 2 is 1.83 bits per heavy atom. The van der Waals surface area contributed by atoms with E-state index in [9.17, 15) is 4.79 Å². The van der Waals surface area contributed by atoms with Crippen LogP contribution in [0.15, 0.2) is 65.9 Å². The van der Waals surface area contributed by atoms with Crippen LogP contribution in [0.5, 0.6) is 5.75 Å². The van der Waals surface area contributed by atoms with Crippen LogP contribution in [0.1, 0.15) is 32.4 Å². The molecule has 2 aromatic rings. The summed E-state index contributed by atoms with van der Waals surface area (Å²) in [5.74, 6) is 0.754. The second-order valence-electron chi connectivity index (χ2n) is 6.81. The minimum Gasteiger partial charge on any atom is -0.497 e. The number of carbonyl (C=O) groups is 1. The molecule has 0 radical (unpaired) electrons. The maximum atomic E-state index is 13.5. The van der Waals surface area contributed by atoms with Crippen molar-refractivity contribution in [2.24, 2.45) is 0 Å². The van der Waals surface area contributed by atoms with Gasteiger partial charge in [0.05, 0.1) is 18.7 Å². The quantitative estimate of drug-likeness (QED) is 0.722. The van der Waals surface area contributed by atoms with Crippen molar-refractivity contribution in [3.05, 3.63) is 71.4 Å². The van der Waals surface area contributed by atoms with E-state index in [0.717, 1.165) is 22.7 Å². The van der Waals surface area contributed by atoms with Gasteiger partial charge in [0.15, 0.2) is 5.11 Å². The molecule has 29 heavy (non-hydrogen) atoms. The second-order valence-corrected chi connectivity index (χ2v) is 7.19. The van der Waals surface area contributed by atoms with Crippen LogP contribution in [0.4, 0.5) is 5.69 Å². The first kappa shape index (κ1) is 20.9. The number of allylic oxidation sites excluding steroid dienone is 1. The zero-order valence-electron chi connectivity index (χ0n) is 17.3. The van der Waals surface area contributed by atoms with Crippen molar-refractivity contribution in [2.75, 3.05) is 25.1 Å². The molecule has 0 aromatic heterocycles. The summed E-state index contributed by atoms with van der Waals surface area (Å²) in [6, 6.07) is 17.3. The normalized spacial score (nSPS) is 16.5. The Hall–Kier alpha value is -2.86. The molecule has 0 fully saturated rings. The summed E-state index contributed by atoms with van der Waals surface area (Å²) in [6.07, 6.45) is 0. The number of amides is 1. The number of hydrogen-bond acceptors (Lipinski definition) is 3. The predicted octanol–water partition coefficient (Wildman–Crippen LogP) is 4.27. The van der Waals surface area contributed by atoms with E-state index in [-0.39, 0.29) is 11.9 Å². The van der Waals surface area contributed by atoms with Crippen molar-refractivity contribution in [1.29, 1.82) is 0 Å². The number of likely N-dealkylation sites (N-methyl/N-ethyl adjacent to an activating group) is 1. The Labute approximate surface area is 178 Å². The molecular formula is C23H27N3O2S. The number of hydrogen-bond donors (Lipinski definition) is 1. The van der Waals surface area contributed by atoms with Gasteiger partial charge in [-0.05, 0) is 62.8 Å². The summed E-state index contributed by atoms with van der Waals surface area (Å²) in [5, 5.41) is 3.96. The predicted molar refractivity (Wildman–Crippen MR) is 121 cm³/mol. The minimum absolute atomic E-state index is 0.0104. The van der Waals surface area contributed by atoms with Crippen LogP contribution >= 0.6 is 12.2 Å². The van der Waals surface area contributed by atoms with E-state index in [4.69, 9.17) is 17.0 Å². The van der Waals surface area contributed by atoms with Gasteiger partial charge >= 0.3 is 0 Å². The van der Waals surface area contributed by atoms with Crippen LogP contribution in [0, 0.1) is 0 Å². The zero-order valence-corrected chi connectivity index (χ0v) is 18.1. The van der Waals surface area contributed by atoms with E-state index >= 15 is 0 Å². The number of nitrogens with zero attached hydrogens (tertiary/aromatic N) is 2. The lowest BCUT2D eigenvalue weighted by Crippen LogP contribution is -2.50. The van der Waals surface area contributed by atoms with Crippen molar-refractivity contribution in [1.82, 2.24) is 10.2 Å². The van der Waals surface area contributed by atoms with Gasteiger partial charge in [0.25, 0.3) is 5.91 Å². The molecule has 0 saturated carbocycles. The van der Waals surface area contributed by atoms with Crippen LogP contribution in [0.2, 0.25) is 0 Å². The maximum absolute atomic E-state index is 13.5. The van der Waals surface area contributed by atoms with Crippen LogP contribution in [0.3, 0.4) is 0 Å². The molecule has 1 atom stereocenters. The fraction of sp³-hybridized carbons (Fsp3) is 0.304. The third-order valence-corrected chi connectivity index (χ3v) is 5.51. The van der Waals surface area contributed by atoms with Crippen molar-refractivity contribution < 1.29 is 9.53 Å². The van der Waals surface area contributed by atoms with Gasteiger partial charge in [0.2, 0.25) is 0 Å². The summed E-state index contributed by atoms with van der Waals surface area (Å²) in [5.41, 5.74) is 3.40. The molecule has 1 N–H and O–H groups in total. The lowest BCUT2D eigenvalue weighted by molar-refractivity contribution is -0.127. The summed E-state index contributed by atoms with van der Waals surface area (Å²) in [4.78, 5) is 17.3. The van der Waals surface area contributed by atoms with Crippen LogP contribution in [-0.2, 0) is 4.79 Å². The molecule has 5 nitrogen and oxygen atoms in total. The van der Waals surface area contributed by atoms with Crippen molar-refractivity contribution in [3.8, 4) is 5.75 Å². The molecule has 1 unspecified atom stereocenters. The van der Waals surface area contributed by atoms with Gasteiger partial charge in [-0.1, -0.05) is 30.3 Å². The second kappa shape index (κ2) is 9.09. The molecule has 152 valence electrons. The summed E-state index contributed by atoms with van der Waals surface area (Å²) in [7, 11) is 1.64. The van der Waals surface area contributed by atoms with Crippen molar-refractivity contribution >= 4 is 28.9 Å². The zero-order chi connectivity index (χ0) is 21.0. The lowest BCUT2D eigenvalue weighted by Gasteiger charge is -2.39. The fourth-order valence-corrected chi connectivity index (χ4v) is 4.02. The molecule has 0 saturated heterocycles. The number of benzene rings is 2. The number of anilines is 1. The van der Waals surface area contributed by atoms with Crippen LogP contribution in [0.25, 0.3) is 0 Å². The fourth-order valence-electron chi connectivity index (χ4n) is 3.66. The minimum atomic E-state index is -0.342. The highest BCUT2D eigenvalue weighted by molar-refractivity contribution is 7.80. The van der Waals surface area contributed by atoms with E-state index in [1.165, 1.54) is 0 Å². The monoisotopic (exact) mass is 409 g/mol. The van der Waals surface area contributed by atoms with Gasteiger partial charge in [-0.25, -0.2) is 0 Å². The highest BCUT2D eigenvalue weighted by atomic mass is 32.1. The van der Waals surface area contributed by atoms with E-state index in [2.05, 4.69) is 5.32 Å². The molecule has 1 aliphatic rings. The van der Waals surface area contributed by atoms with E-state index in [1.807, 2.05) is 85.2 Å². The topological polar surface area (TPSA) is 44.8 Å². The van der Waals surface area contributed by atoms with Gasteiger partial charge < -0.3 is 15.0 Å². The maximum Gasteiger partial charge on any atom is 0.253 e. The number of carbonyl (C=O) groups excluding carboxylic acids is 1. The number of thiocarbonyl (C=S) groups is 1. The highest BCUT2D eigenvalue weighted by Gasteiger charge is 2.36. The first-order chi connectivity index (χ1) is 14.0. The molecular weight excluding hydrogens is 382 g/mol. The molecule has 0 aliphatic carbocycles. The molecule has 6 heteroatoms. The molecule has 0 spiro atoms. The summed E-state index contributed by atoms with van der Waals surface area (Å²) < 4.78 is 5.39. The van der Waals surface area contributed by atoms with E-state index in [1.54, 1.807) is 7.11 Å². The van der Waals surface area contributed by atoms with Crippen molar-refractivity contribution in [2.45, 2.75) is 26.8 Å².